The van der Waals surface area contributed by atoms with Gasteiger partial charge < -0.3 is 18.9 Å². The number of allylic oxidation sites excluding steroid dienone is 20. The third-order valence-electron chi connectivity index (χ3n) is 18.3. The molecule has 0 aromatic carbocycles. The van der Waals surface area contributed by atoms with Gasteiger partial charge in [0.15, 0.2) is 23.1 Å². The second kappa shape index (κ2) is 46.8. The highest BCUT2D eigenvalue weighted by Crippen LogP contribution is 2.37. The average Bonchev–Trinajstić information content (AvgIpc) is 1.79. The lowest BCUT2D eigenvalue weighted by atomic mass is 9.95. The zero-order chi connectivity index (χ0) is 69.5. The van der Waals surface area contributed by atoms with Crippen LogP contribution in [0.5, 0.6) is 0 Å². The maximum Gasteiger partial charge on any atom is 0.306 e. The van der Waals surface area contributed by atoms with Gasteiger partial charge in [0, 0.05) is 97.3 Å². The van der Waals surface area contributed by atoms with Crippen molar-refractivity contribution in [1.82, 2.24) is 0 Å². The number of fused-ring (bicyclic) bond motifs is 4. The van der Waals surface area contributed by atoms with E-state index in [1.54, 1.807) is 24.3 Å². The topological polar surface area (TPSA) is 173 Å². The highest BCUT2D eigenvalue weighted by Gasteiger charge is 2.33. The molecule has 0 aromatic heterocycles. The summed E-state index contributed by atoms with van der Waals surface area (Å²) in [5.74, 6) is -3.01. The fourth-order valence-electron chi connectivity index (χ4n) is 12.7. The zero-order valence-electron chi connectivity index (χ0n) is 57.7. The number of ketones is 4. The molecule has 0 bridgehead atoms. The van der Waals surface area contributed by atoms with E-state index in [0.717, 1.165) is 77.0 Å². The van der Waals surface area contributed by atoms with Crippen LogP contribution in [0.3, 0.4) is 0 Å². The Balaban J connectivity index is 1.28. The van der Waals surface area contributed by atoms with Crippen LogP contribution in [0.2, 0.25) is 0 Å². The molecule has 96 heavy (non-hydrogen) atoms. The number of unbranched alkanes of at least 4 members (excludes halogenated alkanes) is 8. The summed E-state index contributed by atoms with van der Waals surface area (Å²) in [6.45, 7) is 8.48. The second-order valence-electron chi connectivity index (χ2n) is 26.2. The summed E-state index contributed by atoms with van der Waals surface area (Å²) in [5.41, 5.74) is 2.35. The lowest BCUT2D eigenvalue weighted by Gasteiger charge is -2.18. The molecule has 0 unspecified atom stereocenters. The smallest absolute Gasteiger partial charge is 0.306 e. The van der Waals surface area contributed by atoms with Gasteiger partial charge in [-0.15, -0.1) is 0 Å². The minimum absolute atomic E-state index is 0.173. The van der Waals surface area contributed by atoms with Crippen molar-refractivity contribution in [3.63, 3.8) is 0 Å². The summed E-state index contributed by atoms with van der Waals surface area (Å²) >= 11 is 25.8. The summed E-state index contributed by atoms with van der Waals surface area (Å²) in [6, 6.07) is 0. The molecule has 0 saturated heterocycles. The van der Waals surface area contributed by atoms with Crippen LogP contribution < -0.4 is 0 Å². The van der Waals surface area contributed by atoms with Crippen LogP contribution in [0, 0.1) is 23.7 Å². The summed E-state index contributed by atoms with van der Waals surface area (Å²) in [4.78, 5) is 107. The SMILES string of the molecule is CCCCC[C@H]1C/C=C2/C(=O)C(Cl)=C[C@@H]2C/C=C\CCCC(=O)O[C@@H](CCCCC)C/C=C2/C(=O)C(Cl)=C[C@@H]2C/C=C\CCCC(=O)O[C@@H](CCCCC)C/C=C2/C(=O)C(Cl)=C[C@@H]2C/C=C\CCCC(=O)O[C@@H](CCCCC)C/C=C2/C(=O)C(Cl)=C[C@@H]2C/C=C\CCCC(=O)O1. The van der Waals surface area contributed by atoms with Crippen LogP contribution in [0.25, 0.3) is 0 Å². The Morgan fingerprint density at radius 2 is 0.510 bits per heavy atom. The largest absolute Gasteiger partial charge is 0.462 e. The van der Waals surface area contributed by atoms with Gasteiger partial charge in [0.1, 0.15) is 24.4 Å². The number of halogens is 4. The molecule has 0 N–H and O–H groups in total. The molecule has 4 aliphatic carbocycles. The quantitative estimate of drug-likeness (QED) is 0.0620. The van der Waals surface area contributed by atoms with Crippen molar-refractivity contribution in [3.8, 4) is 0 Å². The Hall–Kier alpha value is -5.40. The van der Waals surface area contributed by atoms with Crippen LogP contribution in [-0.2, 0) is 57.3 Å². The number of hydrogen-bond acceptors (Lipinski definition) is 12. The fraction of sp³-hybridized carbons (Fsp3) is 0.600. The van der Waals surface area contributed by atoms with Crippen molar-refractivity contribution in [2.75, 3.05) is 0 Å². The van der Waals surface area contributed by atoms with Gasteiger partial charge in [0.05, 0.1) is 20.1 Å². The average molecular weight is 1400 g/mol. The van der Waals surface area contributed by atoms with Crippen molar-refractivity contribution in [3.05, 3.63) is 140 Å². The standard InChI is InChI=1S/C80H108Cl4O12/c1-5-9-21-37-61-45-49-65-57(53-69(81)77(65)89)33-25-14-18-30-42-74(86)94-63(39-23-11-7-3)47-51-67-59(55-71(83)79(67)91)35-27-16-20-32-44-76(88)96-64(40-24-12-8-4)48-52-68-60(56-72(84)80(68)92)36-28-15-19-31-43-75(87)95-62(38-22-10-6-2)46-50-66-58(54-70(82)78(66)90)34-26-13-17-29-41-73(85)93-61/h13-16,25-28,49-64H,5-12,17-24,29-48H2,1-4H3/b25-14-,26-13-,27-16-,28-15-,65-49+,66-50+,67-51+,68-52+/t57-,58-,59-,60-,61-,62-,63-,64-/m0/s1. The van der Waals surface area contributed by atoms with Crippen molar-refractivity contribution in [1.29, 1.82) is 0 Å². The number of ether oxygens (including phenoxy) is 4. The molecule has 5 rings (SSSR count). The van der Waals surface area contributed by atoms with Crippen LogP contribution in [0.1, 0.15) is 259 Å². The molecule has 528 valence electrons. The number of Topliss-reactive ketones (excluding diaryl/α,β-unsaturated/α-hetero) is 4. The van der Waals surface area contributed by atoms with Crippen LogP contribution in [0.4, 0.5) is 0 Å². The van der Waals surface area contributed by atoms with E-state index in [1.165, 1.54) is 0 Å². The Morgan fingerprint density at radius 3 is 0.708 bits per heavy atom. The third-order valence-corrected chi connectivity index (χ3v) is 19.4. The molecule has 0 amide bonds. The first kappa shape index (κ1) is 81.3. The number of rotatable bonds is 16. The van der Waals surface area contributed by atoms with E-state index in [4.69, 9.17) is 65.4 Å². The summed E-state index contributed by atoms with van der Waals surface area (Å²) in [5, 5.41) is 0.693. The van der Waals surface area contributed by atoms with Crippen molar-refractivity contribution in [2.24, 2.45) is 23.7 Å². The van der Waals surface area contributed by atoms with Crippen LogP contribution in [0.15, 0.2) is 140 Å². The molecular weight excluding hydrogens is 1290 g/mol. The van der Waals surface area contributed by atoms with E-state index in [9.17, 15) is 38.4 Å². The molecular formula is C80H108Cl4O12. The predicted molar refractivity (Wildman–Crippen MR) is 387 cm³/mol. The number of carbonyl (C=O) groups excluding carboxylic acids is 8. The molecule has 12 nitrogen and oxygen atoms in total. The maximum absolute atomic E-state index is 13.3. The Morgan fingerprint density at radius 1 is 0.302 bits per heavy atom. The number of cyclic esters (lactones) is 4. The normalized spacial score (nSPS) is 29.2. The molecule has 0 saturated carbocycles. The summed E-state index contributed by atoms with van der Waals surface area (Å²) in [7, 11) is 0. The van der Waals surface area contributed by atoms with Crippen molar-refractivity contribution >= 4 is 93.4 Å². The minimum Gasteiger partial charge on any atom is -0.462 e. The van der Waals surface area contributed by atoms with Gasteiger partial charge in [-0.3, -0.25) is 38.4 Å². The number of carbonyl (C=O) groups is 8. The first-order valence-electron chi connectivity index (χ1n) is 36.3. The highest BCUT2D eigenvalue weighted by molar-refractivity contribution is 6.47. The molecule has 1 heterocycles. The van der Waals surface area contributed by atoms with Gasteiger partial charge in [0.25, 0.3) is 0 Å². The molecule has 0 radical (unpaired) electrons. The molecule has 0 spiro atoms. The van der Waals surface area contributed by atoms with E-state index in [1.807, 2.05) is 72.9 Å². The Kier molecular flexibility index (Phi) is 39.6. The summed E-state index contributed by atoms with van der Waals surface area (Å²) < 4.78 is 24.2. The van der Waals surface area contributed by atoms with Crippen molar-refractivity contribution < 1.29 is 57.3 Å². The Labute approximate surface area is 593 Å². The monoisotopic (exact) mass is 1400 g/mol. The lowest BCUT2D eigenvalue weighted by Crippen LogP contribution is -2.18. The van der Waals surface area contributed by atoms with Crippen LogP contribution in [-0.4, -0.2) is 71.4 Å². The number of esters is 4. The molecule has 5 aliphatic rings. The van der Waals surface area contributed by atoms with Crippen LogP contribution >= 0.6 is 46.4 Å². The fourth-order valence-corrected chi connectivity index (χ4v) is 13.7. The highest BCUT2D eigenvalue weighted by atomic mass is 35.5. The third kappa shape index (κ3) is 30.0. The van der Waals surface area contributed by atoms with Gasteiger partial charge in [0.2, 0.25) is 0 Å². The molecule has 0 fully saturated rings. The first-order chi connectivity index (χ1) is 46.5. The summed E-state index contributed by atoms with van der Waals surface area (Å²) in [6.07, 6.45) is 52.7. The van der Waals surface area contributed by atoms with E-state index >= 15 is 0 Å². The van der Waals surface area contributed by atoms with E-state index in [-0.39, 0.29) is 116 Å². The van der Waals surface area contributed by atoms with Gasteiger partial charge >= 0.3 is 23.9 Å². The van der Waals surface area contributed by atoms with E-state index in [2.05, 4.69) is 27.7 Å². The second-order valence-corrected chi connectivity index (χ2v) is 27.8. The maximum atomic E-state index is 13.3. The lowest BCUT2D eigenvalue weighted by molar-refractivity contribution is -0.150. The van der Waals surface area contributed by atoms with Crippen molar-refractivity contribution in [2.45, 2.75) is 283 Å². The molecule has 8 atom stereocenters. The van der Waals surface area contributed by atoms with E-state index in [0.29, 0.717) is 151 Å². The minimum atomic E-state index is -0.396. The van der Waals surface area contributed by atoms with Gasteiger partial charge in [-0.05, 0) is 128 Å². The molecule has 0 aromatic rings. The van der Waals surface area contributed by atoms with Gasteiger partial charge in [-0.1, -0.05) is 223 Å². The van der Waals surface area contributed by atoms with E-state index < -0.39 is 24.4 Å². The Bertz CT molecular complexity index is 2570. The number of hydrogen-bond donors (Lipinski definition) is 0. The molecule has 1 aliphatic heterocycles. The zero-order valence-corrected chi connectivity index (χ0v) is 60.7. The van der Waals surface area contributed by atoms with Gasteiger partial charge in [-0.25, -0.2) is 0 Å². The first-order valence-corrected chi connectivity index (χ1v) is 37.8. The molecule has 16 heteroatoms. The van der Waals surface area contributed by atoms with Gasteiger partial charge in [-0.2, -0.15) is 0 Å². The predicted octanol–water partition coefficient (Wildman–Crippen LogP) is 21.0.